The SMILES string of the molecule is COC(=O)c1ccc(Cl)c(NC(=O)CN(c2ccccc2C)S(=O)(=O)c2ccc(C)cc2)c1. The van der Waals surface area contributed by atoms with E-state index in [9.17, 15) is 18.0 Å². The second-order valence-electron chi connectivity index (χ2n) is 7.35. The fourth-order valence-electron chi connectivity index (χ4n) is 3.17. The predicted octanol–water partition coefficient (Wildman–Crippen LogP) is 4.58. The number of hydrogen-bond donors (Lipinski definition) is 1. The van der Waals surface area contributed by atoms with Gasteiger partial charge in [0.25, 0.3) is 10.0 Å². The molecule has 0 atom stereocenters. The molecule has 172 valence electrons. The van der Waals surface area contributed by atoms with Crippen LogP contribution in [0.1, 0.15) is 21.5 Å². The molecule has 1 N–H and O–H groups in total. The first-order valence-corrected chi connectivity index (χ1v) is 11.8. The summed E-state index contributed by atoms with van der Waals surface area (Å²) in [5.41, 5.74) is 2.34. The number of sulfonamides is 1. The molecule has 7 nitrogen and oxygen atoms in total. The van der Waals surface area contributed by atoms with Gasteiger partial charge in [0.1, 0.15) is 6.54 Å². The summed E-state index contributed by atoms with van der Waals surface area (Å²) in [5.74, 6) is -1.22. The van der Waals surface area contributed by atoms with Crippen LogP contribution >= 0.6 is 11.6 Å². The summed E-state index contributed by atoms with van der Waals surface area (Å²) in [7, 11) is -2.81. The van der Waals surface area contributed by atoms with Crippen molar-refractivity contribution in [3.8, 4) is 0 Å². The number of hydrogen-bond acceptors (Lipinski definition) is 5. The van der Waals surface area contributed by atoms with Crippen molar-refractivity contribution in [2.24, 2.45) is 0 Å². The molecule has 0 bridgehead atoms. The minimum atomic E-state index is -4.05. The number of ether oxygens (including phenoxy) is 1. The van der Waals surface area contributed by atoms with Gasteiger partial charge in [0, 0.05) is 0 Å². The molecule has 0 radical (unpaired) electrons. The molecular formula is C24H23ClN2O5S. The van der Waals surface area contributed by atoms with Crippen molar-refractivity contribution in [3.63, 3.8) is 0 Å². The second kappa shape index (κ2) is 10.1. The Morgan fingerprint density at radius 2 is 1.67 bits per heavy atom. The zero-order chi connectivity index (χ0) is 24.2. The fraction of sp³-hybridized carbons (Fsp3) is 0.167. The summed E-state index contributed by atoms with van der Waals surface area (Å²) in [5, 5.41) is 2.79. The third kappa shape index (κ3) is 5.53. The standard InChI is InChI=1S/C24H23ClN2O5S/c1-16-8-11-19(12-9-16)33(30,31)27(22-7-5-4-6-17(22)2)15-23(28)26-21-14-18(24(29)32-3)10-13-20(21)25/h4-14H,15H2,1-3H3,(H,26,28). The van der Waals surface area contributed by atoms with Crippen molar-refractivity contribution in [2.45, 2.75) is 18.7 Å². The van der Waals surface area contributed by atoms with Gasteiger partial charge in [0.2, 0.25) is 5.91 Å². The third-order valence-corrected chi connectivity index (χ3v) is 7.05. The molecular weight excluding hydrogens is 464 g/mol. The third-order valence-electron chi connectivity index (χ3n) is 4.94. The summed E-state index contributed by atoms with van der Waals surface area (Å²) < 4.78 is 32.7. The average Bonchev–Trinajstić information content (AvgIpc) is 2.79. The lowest BCUT2D eigenvalue weighted by Crippen LogP contribution is -2.38. The quantitative estimate of drug-likeness (QED) is 0.493. The van der Waals surface area contributed by atoms with Crippen LogP contribution in [0.3, 0.4) is 0 Å². The van der Waals surface area contributed by atoms with Crippen LogP contribution in [0, 0.1) is 13.8 Å². The van der Waals surface area contributed by atoms with E-state index in [0.29, 0.717) is 11.3 Å². The minimum Gasteiger partial charge on any atom is -0.465 e. The van der Waals surface area contributed by atoms with Crippen molar-refractivity contribution in [1.29, 1.82) is 0 Å². The number of carbonyl (C=O) groups excluding carboxylic acids is 2. The lowest BCUT2D eigenvalue weighted by molar-refractivity contribution is -0.114. The number of nitrogens with one attached hydrogen (secondary N) is 1. The Bertz CT molecular complexity index is 1290. The fourth-order valence-corrected chi connectivity index (χ4v) is 4.82. The number of carbonyl (C=O) groups is 2. The topological polar surface area (TPSA) is 92.8 Å². The number of esters is 1. The molecule has 0 heterocycles. The van der Waals surface area contributed by atoms with E-state index >= 15 is 0 Å². The predicted molar refractivity (Wildman–Crippen MR) is 128 cm³/mol. The van der Waals surface area contributed by atoms with Crippen LogP contribution in [0.5, 0.6) is 0 Å². The van der Waals surface area contributed by atoms with E-state index in [0.717, 1.165) is 9.87 Å². The van der Waals surface area contributed by atoms with Crippen LogP contribution in [0.25, 0.3) is 0 Å². The number of halogens is 1. The number of anilines is 2. The summed E-state index contributed by atoms with van der Waals surface area (Å²) in [6.45, 7) is 3.12. The first-order chi connectivity index (χ1) is 15.6. The van der Waals surface area contributed by atoms with Gasteiger partial charge in [-0.2, -0.15) is 0 Å². The molecule has 0 saturated heterocycles. The Balaban J connectivity index is 1.96. The van der Waals surface area contributed by atoms with Gasteiger partial charge in [-0.1, -0.05) is 47.5 Å². The van der Waals surface area contributed by atoms with Crippen LogP contribution in [0.15, 0.2) is 71.6 Å². The highest BCUT2D eigenvalue weighted by molar-refractivity contribution is 7.92. The first kappa shape index (κ1) is 24.3. The first-order valence-electron chi connectivity index (χ1n) is 9.96. The minimum absolute atomic E-state index is 0.0647. The molecule has 0 aliphatic rings. The maximum atomic E-state index is 13.5. The van der Waals surface area contributed by atoms with E-state index in [1.54, 1.807) is 43.3 Å². The van der Waals surface area contributed by atoms with Gasteiger partial charge in [-0.05, 0) is 55.8 Å². The second-order valence-corrected chi connectivity index (χ2v) is 9.62. The zero-order valence-corrected chi connectivity index (χ0v) is 19.9. The van der Waals surface area contributed by atoms with Crippen LogP contribution in [-0.4, -0.2) is 33.9 Å². The molecule has 0 spiro atoms. The Hall–Kier alpha value is -3.36. The summed E-state index contributed by atoms with van der Waals surface area (Å²) >= 11 is 6.17. The maximum Gasteiger partial charge on any atom is 0.337 e. The monoisotopic (exact) mass is 486 g/mol. The number of benzene rings is 3. The molecule has 0 aliphatic carbocycles. The van der Waals surface area contributed by atoms with Crippen LogP contribution in [0.2, 0.25) is 5.02 Å². The average molecular weight is 487 g/mol. The van der Waals surface area contributed by atoms with Gasteiger partial charge in [-0.25, -0.2) is 13.2 Å². The van der Waals surface area contributed by atoms with Crippen LogP contribution < -0.4 is 9.62 Å². The van der Waals surface area contributed by atoms with Crippen LogP contribution in [-0.2, 0) is 19.6 Å². The molecule has 0 unspecified atom stereocenters. The van der Waals surface area contributed by atoms with Crippen molar-refractivity contribution in [3.05, 3.63) is 88.4 Å². The number of aryl methyl sites for hydroxylation is 2. The number of rotatable bonds is 7. The Morgan fingerprint density at radius 3 is 2.30 bits per heavy atom. The maximum absolute atomic E-state index is 13.5. The largest absolute Gasteiger partial charge is 0.465 e. The lowest BCUT2D eigenvalue weighted by atomic mass is 10.2. The summed E-state index contributed by atoms with van der Waals surface area (Å²) in [6, 6.07) is 17.6. The van der Waals surface area contributed by atoms with E-state index in [4.69, 9.17) is 16.3 Å². The van der Waals surface area contributed by atoms with Crippen LogP contribution in [0.4, 0.5) is 11.4 Å². The van der Waals surface area contributed by atoms with Crippen molar-refractivity contribution in [2.75, 3.05) is 23.3 Å². The van der Waals surface area contributed by atoms with Gasteiger partial charge < -0.3 is 10.1 Å². The molecule has 3 aromatic carbocycles. The number of para-hydroxylation sites is 1. The molecule has 9 heteroatoms. The van der Waals surface area contributed by atoms with Crippen molar-refractivity contribution in [1.82, 2.24) is 0 Å². The van der Waals surface area contributed by atoms with Gasteiger partial charge >= 0.3 is 5.97 Å². The van der Waals surface area contributed by atoms with Gasteiger partial charge in [-0.15, -0.1) is 0 Å². The van der Waals surface area contributed by atoms with E-state index in [2.05, 4.69) is 5.32 Å². The molecule has 0 aliphatic heterocycles. The Kier molecular flexibility index (Phi) is 7.40. The zero-order valence-electron chi connectivity index (χ0n) is 18.3. The number of amides is 1. The molecule has 33 heavy (non-hydrogen) atoms. The number of methoxy groups -OCH3 is 1. The lowest BCUT2D eigenvalue weighted by Gasteiger charge is -2.25. The Labute approximate surface area is 198 Å². The summed E-state index contributed by atoms with van der Waals surface area (Å²) in [6.07, 6.45) is 0. The van der Waals surface area contributed by atoms with Gasteiger partial charge in [0.05, 0.1) is 34.0 Å². The van der Waals surface area contributed by atoms with E-state index in [-0.39, 0.29) is 21.2 Å². The van der Waals surface area contributed by atoms with E-state index < -0.39 is 28.4 Å². The summed E-state index contributed by atoms with van der Waals surface area (Å²) in [4.78, 5) is 24.8. The molecule has 3 aromatic rings. The van der Waals surface area contributed by atoms with Crippen molar-refractivity contribution < 1.29 is 22.7 Å². The van der Waals surface area contributed by atoms with Gasteiger partial charge in [0.15, 0.2) is 0 Å². The van der Waals surface area contributed by atoms with Gasteiger partial charge in [-0.3, -0.25) is 9.10 Å². The highest BCUT2D eigenvalue weighted by Crippen LogP contribution is 2.28. The Morgan fingerprint density at radius 1 is 1.00 bits per heavy atom. The molecule has 0 saturated carbocycles. The molecule has 0 fully saturated rings. The van der Waals surface area contributed by atoms with E-state index in [1.165, 1.54) is 37.4 Å². The normalized spacial score (nSPS) is 11.0. The highest BCUT2D eigenvalue weighted by atomic mass is 35.5. The molecule has 3 rings (SSSR count). The smallest absolute Gasteiger partial charge is 0.337 e. The number of nitrogens with zero attached hydrogens (tertiary/aromatic N) is 1. The molecule has 0 aromatic heterocycles. The van der Waals surface area contributed by atoms with E-state index in [1.807, 2.05) is 6.92 Å². The molecule has 1 amide bonds. The highest BCUT2D eigenvalue weighted by Gasteiger charge is 2.28. The van der Waals surface area contributed by atoms with Crippen molar-refractivity contribution >= 4 is 44.9 Å².